The molecule has 0 aliphatic heterocycles. The van der Waals surface area contributed by atoms with Gasteiger partial charge < -0.3 is 5.73 Å². The van der Waals surface area contributed by atoms with Gasteiger partial charge in [-0.3, -0.25) is 10.1 Å². The summed E-state index contributed by atoms with van der Waals surface area (Å²) in [6.07, 6.45) is 1.23. The Kier molecular flexibility index (Phi) is 8.32. The summed E-state index contributed by atoms with van der Waals surface area (Å²) in [5.41, 5.74) is 4.81. The van der Waals surface area contributed by atoms with E-state index in [0.29, 0.717) is 12.8 Å². The van der Waals surface area contributed by atoms with Crippen LogP contribution in [-0.4, -0.2) is 45.8 Å². The van der Waals surface area contributed by atoms with Crippen molar-refractivity contribution in [3.63, 3.8) is 0 Å². The van der Waals surface area contributed by atoms with E-state index in [-0.39, 0.29) is 35.5 Å². The SMILES string of the molecule is CCC(Br)(CC)C(=O)NC(N)=O.[NaH]. The Labute approximate surface area is 108 Å². The van der Waals surface area contributed by atoms with Gasteiger partial charge in [-0.05, 0) is 12.8 Å². The molecule has 6 heteroatoms. The van der Waals surface area contributed by atoms with E-state index in [2.05, 4.69) is 15.9 Å². The number of amides is 3. The number of hydrogen-bond acceptors (Lipinski definition) is 2. The third kappa shape index (κ3) is 5.00. The van der Waals surface area contributed by atoms with Crippen LogP contribution >= 0.6 is 15.9 Å². The van der Waals surface area contributed by atoms with Gasteiger partial charge >= 0.3 is 35.6 Å². The van der Waals surface area contributed by atoms with E-state index in [1.54, 1.807) is 0 Å². The van der Waals surface area contributed by atoms with E-state index in [9.17, 15) is 9.59 Å². The molecule has 0 aliphatic rings. The van der Waals surface area contributed by atoms with Gasteiger partial charge in [-0.25, -0.2) is 4.79 Å². The molecule has 13 heavy (non-hydrogen) atoms. The van der Waals surface area contributed by atoms with Crippen molar-refractivity contribution in [2.45, 2.75) is 31.0 Å². The minimum atomic E-state index is -0.814. The van der Waals surface area contributed by atoms with Crippen LogP contribution in [0.15, 0.2) is 0 Å². The Bertz CT molecular complexity index is 195. The zero-order chi connectivity index (χ0) is 9.78. The normalized spacial score (nSPS) is 10.1. The van der Waals surface area contributed by atoms with Crippen molar-refractivity contribution in [1.82, 2.24) is 5.32 Å². The quantitative estimate of drug-likeness (QED) is 0.573. The monoisotopic (exact) mass is 260 g/mol. The van der Waals surface area contributed by atoms with E-state index in [1.807, 2.05) is 19.2 Å². The maximum atomic E-state index is 11.3. The predicted molar refractivity (Wildman–Crippen MR) is 57.1 cm³/mol. The van der Waals surface area contributed by atoms with E-state index in [1.165, 1.54) is 0 Å². The molecule has 0 rings (SSSR count). The summed E-state index contributed by atoms with van der Waals surface area (Å²) in [5.74, 6) is -0.375. The molecule has 72 valence electrons. The Balaban J connectivity index is 0. The van der Waals surface area contributed by atoms with Crippen molar-refractivity contribution in [2.24, 2.45) is 5.73 Å². The van der Waals surface area contributed by atoms with Crippen LogP contribution in [0.3, 0.4) is 0 Å². The van der Waals surface area contributed by atoms with Crippen LogP contribution in [0.4, 0.5) is 4.79 Å². The summed E-state index contributed by atoms with van der Waals surface area (Å²) in [7, 11) is 0. The average Bonchev–Trinajstić information content (AvgIpc) is 2.02. The molecule has 0 heterocycles. The fourth-order valence-electron chi connectivity index (χ4n) is 0.795. The Morgan fingerprint density at radius 1 is 1.38 bits per heavy atom. The molecule has 0 saturated carbocycles. The first kappa shape index (κ1) is 15.9. The number of carbonyl (C=O) groups is 2. The third-order valence-corrected chi connectivity index (χ3v) is 3.25. The summed E-state index contributed by atoms with van der Waals surface area (Å²) >= 11 is 3.26. The molecule has 0 aromatic rings. The maximum absolute atomic E-state index is 11.3. The Morgan fingerprint density at radius 3 is 2.00 bits per heavy atom. The molecule has 0 radical (unpaired) electrons. The van der Waals surface area contributed by atoms with E-state index < -0.39 is 10.4 Å². The van der Waals surface area contributed by atoms with Crippen LogP contribution in [-0.2, 0) is 4.79 Å². The van der Waals surface area contributed by atoms with Crippen molar-refractivity contribution in [3.05, 3.63) is 0 Å². The molecule has 0 atom stereocenters. The van der Waals surface area contributed by atoms with Gasteiger partial charge in [0.15, 0.2) is 0 Å². The first-order valence-electron chi connectivity index (χ1n) is 3.76. The summed E-state index contributed by atoms with van der Waals surface area (Å²) in [5, 5.41) is 2.04. The van der Waals surface area contributed by atoms with Gasteiger partial charge in [-0.1, -0.05) is 29.8 Å². The Morgan fingerprint density at radius 2 is 1.77 bits per heavy atom. The molecule has 0 aromatic heterocycles. The number of imide groups is 1. The van der Waals surface area contributed by atoms with Crippen LogP contribution in [0.2, 0.25) is 0 Å². The second-order valence-electron chi connectivity index (χ2n) is 2.49. The summed E-state index contributed by atoms with van der Waals surface area (Å²) < 4.78 is -0.665. The van der Waals surface area contributed by atoms with Gasteiger partial charge in [0.1, 0.15) is 4.32 Å². The van der Waals surface area contributed by atoms with E-state index in [0.717, 1.165) is 0 Å². The Hall–Kier alpha value is 0.420. The van der Waals surface area contributed by atoms with Crippen molar-refractivity contribution >= 4 is 57.4 Å². The molecule has 0 unspecified atom stereocenters. The van der Waals surface area contributed by atoms with Crippen molar-refractivity contribution < 1.29 is 9.59 Å². The van der Waals surface area contributed by atoms with Crippen LogP contribution in [0.25, 0.3) is 0 Å². The first-order valence-corrected chi connectivity index (χ1v) is 4.55. The zero-order valence-corrected chi connectivity index (χ0v) is 8.77. The number of nitrogens with two attached hydrogens (primary N) is 1. The average molecular weight is 261 g/mol. The van der Waals surface area contributed by atoms with Gasteiger partial charge in [-0.2, -0.15) is 0 Å². The molecule has 4 nitrogen and oxygen atoms in total. The summed E-state index contributed by atoms with van der Waals surface area (Å²) in [4.78, 5) is 21.6. The van der Waals surface area contributed by atoms with Crippen LogP contribution in [0, 0.1) is 0 Å². The fourth-order valence-corrected chi connectivity index (χ4v) is 0.894. The van der Waals surface area contributed by atoms with E-state index >= 15 is 0 Å². The molecular weight excluding hydrogens is 247 g/mol. The van der Waals surface area contributed by atoms with Gasteiger partial charge in [0.25, 0.3) is 0 Å². The van der Waals surface area contributed by atoms with Gasteiger partial charge in [0.05, 0.1) is 0 Å². The van der Waals surface area contributed by atoms with Crippen LogP contribution in [0.5, 0.6) is 0 Å². The summed E-state index contributed by atoms with van der Waals surface area (Å²) in [6.45, 7) is 3.72. The zero-order valence-electron chi connectivity index (χ0n) is 7.19. The second kappa shape index (κ2) is 6.81. The fraction of sp³-hybridized carbons (Fsp3) is 0.714. The molecule has 0 aliphatic carbocycles. The molecule has 0 spiro atoms. The number of nitrogens with one attached hydrogen (secondary N) is 1. The first-order chi connectivity index (χ1) is 5.46. The third-order valence-electron chi connectivity index (χ3n) is 1.76. The number of hydrogen-bond donors (Lipinski definition) is 2. The molecule has 0 saturated heterocycles. The number of urea groups is 1. The number of rotatable bonds is 3. The van der Waals surface area contributed by atoms with Gasteiger partial charge in [0.2, 0.25) is 5.91 Å². The second-order valence-corrected chi connectivity index (χ2v) is 4.01. The molecule has 0 bridgehead atoms. The van der Waals surface area contributed by atoms with Crippen molar-refractivity contribution in [1.29, 1.82) is 0 Å². The van der Waals surface area contributed by atoms with E-state index in [4.69, 9.17) is 5.73 Å². The molecule has 3 N–H and O–H groups in total. The van der Waals surface area contributed by atoms with Gasteiger partial charge in [0, 0.05) is 0 Å². The summed E-state index contributed by atoms with van der Waals surface area (Å²) in [6, 6.07) is -0.814. The number of carbonyl (C=O) groups excluding carboxylic acids is 2. The van der Waals surface area contributed by atoms with Crippen molar-refractivity contribution in [3.8, 4) is 0 Å². The standard InChI is InChI=1S/C7H13BrN2O2.Na.H/c1-3-7(8,4-2)5(11)10-6(9)12;;/h3-4H2,1-2H3,(H3,9,10,11,12);;. The number of alkyl halides is 1. The minimum absolute atomic E-state index is 0. The topological polar surface area (TPSA) is 72.2 Å². The molecule has 3 amide bonds. The predicted octanol–water partition coefficient (Wildman–Crippen LogP) is 0.486. The number of halogens is 1. The van der Waals surface area contributed by atoms with Crippen molar-refractivity contribution in [2.75, 3.05) is 0 Å². The molecule has 0 aromatic carbocycles. The molecule has 0 fully saturated rings. The van der Waals surface area contributed by atoms with Crippen LogP contribution < -0.4 is 11.1 Å². The van der Waals surface area contributed by atoms with Gasteiger partial charge in [-0.15, -0.1) is 0 Å². The number of primary amides is 1. The van der Waals surface area contributed by atoms with Crippen LogP contribution in [0.1, 0.15) is 26.7 Å². The molecular formula is C7H14BrN2NaO2.